The third kappa shape index (κ3) is 4.18. The number of nitrogens with one attached hydrogen (secondary N) is 1. The van der Waals surface area contributed by atoms with Crippen molar-refractivity contribution in [3.05, 3.63) is 71.7 Å². The van der Waals surface area contributed by atoms with Crippen LogP contribution < -0.4 is 4.31 Å². The van der Waals surface area contributed by atoms with Crippen molar-refractivity contribution in [2.24, 2.45) is 0 Å². The second kappa shape index (κ2) is 8.93. The summed E-state index contributed by atoms with van der Waals surface area (Å²) >= 11 is 0. The quantitative estimate of drug-likeness (QED) is 0.584. The summed E-state index contributed by atoms with van der Waals surface area (Å²) in [4.78, 5) is 5.45. The Morgan fingerprint density at radius 1 is 1.09 bits per heavy atom. The summed E-state index contributed by atoms with van der Waals surface area (Å²) in [5.41, 5.74) is 5.02. The monoisotopic (exact) mass is 468 g/mol. The van der Waals surface area contributed by atoms with Crippen molar-refractivity contribution in [1.82, 2.24) is 14.2 Å². The molecule has 3 heterocycles. The zero-order valence-corrected chi connectivity index (χ0v) is 19.6. The van der Waals surface area contributed by atoms with Gasteiger partial charge in [0.05, 0.1) is 5.69 Å². The molecule has 0 unspecified atom stereocenters. The summed E-state index contributed by atoms with van der Waals surface area (Å²) in [6.07, 6.45) is 5.81. The molecule has 1 N–H and O–H groups in total. The lowest BCUT2D eigenvalue weighted by Gasteiger charge is -2.38. The van der Waals surface area contributed by atoms with Crippen molar-refractivity contribution >= 4 is 32.4 Å². The standard InChI is InChI=1S/C25H29FN4O2S/c1-2-11-29-18-20-5-3-4-6-25(20)30(33(29,31)32)15-14-28-12-9-19(10-13-28)23-17-27-24-16-21(26)7-8-22(23)24/h3-9,16-17,27H,2,10-15,18H2,1H3. The van der Waals surface area contributed by atoms with Crippen LogP contribution in [0.25, 0.3) is 16.5 Å². The van der Waals surface area contributed by atoms with Gasteiger partial charge in [0, 0.05) is 61.9 Å². The molecule has 2 aromatic carbocycles. The number of nitrogens with zero attached hydrogens (tertiary/aromatic N) is 3. The highest BCUT2D eigenvalue weighted by Gasteiger charge is 2.35. The van der Waals surface area contributed by atoms with Gasteiger partial charge in [0.1, 0.15) is 5.82 Å². The fourth-order valence-corrected chi connectivity index (χ4v) is 6.59. The van der Waals surface area contributed by atoms with Crippen LogP contribution in [0, 0.1) is 5.82 Å². The van der Waals surface area contributed by atoms with Crippen LogP contribution in [-0.2, 0) is 16.8 Å². The number of halogens is 1. The van der Waals surface area contributed by atoms with E-state index in [1.54, 1.807) is 8.61 Å². The highest BCUT2D eigenvalue weighted by Crippen LogP contribution is 2.33. The second-order valence-corrected chi connectivity index (χ2v) is 10.6. The highest BCUT2D eigenvalue weighted by atomic mass is 32.2. The Hall–Kier alpha value is -2.68. The third-order valence-electron chi connectivity index (χ3n) is 6.59. The Morgan fingerprint density at radius 3 is 2.73 bits per heavy atom. The number of fused-ring (bicyclic) bond motifs is 2. The largest absolute Gasteiger partial charge is 0.360 e. The first kappa shape index (κ1) is 22.1. The molecule has 0 amide bonds. The SMILES string of the molecule is CCCN1Cc2ccccc2N(CCN2CC=C(c3c[nH]c4cc(F)ccc34)CC2)S1(=O)=O. The lowest BCUT2D eigenvalue weighted by molar-refractivity contribution is 0.308. The Balaban J connectivity index is 1.30. The van der Waals surface area contributed by atoms with Crippen molar-refractivity contribution in [2.45, 2.75) is 26.3 Å². The zero-order valence-electron chi connectivity index (χ0n) is 18.8. The van der Waals surface area contributed by atoms with Gasteiger partial charge in [0.25, 0.3) is 0 Å². The molecule has 33 heavy (non-hydrogen) atoms. The number of aromatic amines is 1. The third-order valence-corrected chi connectivity index (χ3v) is 8.49. The lowest BCUT2D eigenvalue weighted by atomic mass is 9.99. The number of H-pyrrole nitrogens is 1. The van der Waals surface area contributed by atoms with Crippen LogP contribution in [0.5, 0.6) is 0 Å². The van der Waals surface area contributed by atoms with Crippen LogP contribution >= 0.6 is 0 Å². The zero-order chi connectivity index (χ0) is 23.0. The Bertz CT molecular complexity index is 1300. The van der Waals surface area contributed by atoms with Crippen LogP contribution in [0.2, 0.25) is 0 Å². The molecular formula is C25H29FN4O2S. The van der Waals surface area contributed by atoms with Crippen LogP contribution in [0.1, 0.15) is 30.9 Å². The van der Waals surface area contributed by atoms with Crippen molar-refractivity contribution in [1.29, 1.82) is 0 Å². The van der Waals surface area contributed by atoms with E-state index in [0.29, 0.717) is 26.2 Å². The predicted molar refractivity (Wildman–Crippen MR) is 131 cm³/mol. The molecule has 2 aliphatic heterocycles. The van der Waals surface area contributed by atoms with Gasteiger partial charge in [-0.25, -0.2) is 4.39 Å². The molecule has 3 aromatic rings. The van der Waals surface area contributed by atoms with Gasteiger partial charge in [-0.1, -0.05) is 31.2 Å². The first-order chi connectivity index (χ1) is 16.0. The van der Waals surface area contributed by atoms with E-state index in [9.17, 15) is 12.8 Å². The average Bonchev–Trinajstić information content (AvgIpc) is 3.22. The Kier molecular flexibility index (Phi) is 5.99. The number of hydrogen-bond donors (Lipinski definition) is 1. The fraction of sp³-hybridized carbons (Fsp3) is 0.360. The van der Waals surface area contributed by atoms with E-state index in [0.717, 1.165) is 53.6 Å². The van der Waals surface area contributed by atoms with E-state index < -0.39 is 10.2 Å². The molecule has 0 spiro atoms. The molecule has 1 aromatic heterocycles. The molecule has 0 bridgehead atoms. The number of anilines is 1. The topological polar surface area (TPSA) is 59.6 Å². The summed E-state index contributed by atoms with van der Waals surface area (Å²) in [5.74, 6) is -0.244. The van der Waals surface area contributed by atoms with Gasteiger partial charge in [-0.15, -0.1) is 0 Å². The molecule has 174 valence electrons. The van der Waals surface area contributed by atoms with Gasteiger partial charge >= 0.3 is 10.2 Å². The number of hydrogen-bond acceptors (Lipinski definition) is 3. The highest BCUT2D eigenvalue weighted by molar-refractivity contribution is 7.90. The molecule has 0 atom stereocenters. The van der Waals surface area contributed by atoms with Crippen LogP contribution in [0.4, 0.5) is 10.1 Å². The van der Waals surface area contributed by atoms with Crippen molar-refractivity contribution in [3.63, 3.8) is 0 Å². The van der Waals surface area contributed by atoms with E-state index in [-0.39, 0.29) is 5.82 Å². The minimum atomic E-state index is -3.52. The minimum absolute atomic E-state index is 0.244. The maximum absolute atomic E-state index is 13.5. The molecular weight excluding hydrogens is 439 g/mol. The molecule has 0 fully saturated rings. The minimum Gasteiger partial charge on any atom is -0.360 e. The molecule has 6 nitrogen and oxygen atoms in total. The van der Waals surface area contributed by atoms with Gasteiger partial charge in [0.15, 0.2) is 0 Å². The van der Waals surface area contributed by atoms with Crippen molar-refractivity contribution < 1.29 is 12.8 Å². The smallest absolute Gasteiger partial charge is 0.304 e. The molecule has 0 aliphatic carbocycles. The van der Waals surface area contributed by atoms with E-state index in [2.05, 4.69) is 16.0 Å². The van der Waals surface area contributed by atoms with Crippen molar-refractivity contribution in [3.8, 4) is 0 Å². The Labute approximate surface area is 194 Å². The van der Waals surface area contributed by atoms with Gasteiger partial charge in [-0.05, 0) is 48.2 Å². The molecule has 0 saturated heterocycles. The lowest BCUT2D eigenvalue weighted by Crippen LogP contribution is -2.50. The molecule has 0 radical (unpaired) electrons. The number of benzene rings is 2. The summed E-state index contributed by atoms with van der Waals surface area (Å²) in [6, 6.07) is 12.6. The number of aromatic nitrogens is 1. The van der Waals surface area contributed by atoms with E-state index in [1.165, 1.54) is 17.7 Å². The normalized spacial score (nSPS) is 19.0. The maximum atomic E-state index is 13.5. The summed E-state index contributed by atoms with van der Waals surface area (Å²) in [5, 5.41) is 1.03. The summed E-state index contributed by atoms with van der Waals surface area (Å²) in [7, 11) is -3.52. The molecule has 2 aliphatic rings. The maximum Gasteiger partial charge on any atom is 0.304 e. The van der Waals surface area contributed by atoms with Gasteiger partial charge in [0.2, 0.25) is 0 Å². The van der Waals surface area contributed by atoms with Gasteiger partial charge in [-0.3, -0.25) is 9.21 Å². The number of rotatable bonds is 6. The molecule has 0 saturated carbocycles. The predicted octanol–water partition coefficient (Wildman–Crippen LogP) is 4.37. The van der Waals surface area contributed by atoms with Crippen LogP contribution in [0.15, 0.2) is 54.7 Å². The second-order valence-electron chi connectivity index (χ2n) is 8.71. The van der Waals surface area contributed by atoms with E-state index in [1.807, 2.05) is 43.5 Å². The number of para-hydroxylation sites is 1. The van der Waals surface area contributed by atoms with Crippen LogP contribution in [-0.4, -0.2) is 55.3 Å². The van der Waals surface area contributed by atoms with Crippen molar-refractivity contribution in [2.75, 3.05) is 37.0 Å². The van der Waals surface area contributed by atoms with E-state index >= 15 is 0 Å². The first-order valence-electron chi connectivity index (χ1n) is 11.5. The molecule has 5 rings (SSSR count). The van der Waals surface area contributed by atoms with E-state index in [4.69, 9.17) is 0 Å². The first-order valence-corrected chi connectivity index (χ1v) is 12.9. The van der Waals surface area contributed by atoms with Crippen LogP contribution in [0.3, 0.4) is 0 Å². The molecule has 8 heteroatoms. The van der Waals surface area contributed by atoms with Gasteiger partial charge in [-0.2, -0.15) is 12.7 Å². The van der Waals surface area contributed by atoms with Gasteiger partial charge < -0.3 is 4.98 Å². The summed E-state index contributed by atoms with van der Waals surface area (Å²) < 4.78 is 43.2. The fourth-order valence-electron chi connectivity index (χ4n) is 4.86. The average molecular weight is 469 g/mol. The Morgan fingerprint density at radius 2 is 1.94 bits per heavy atom. The summed E-state index contributed by atoms with van der Waals surface area (Å²) in [6.45, 7) is 5.67.